The van der Waals surface area contributed by atoms with Gasteiger partial charge in [0.25, 0.3) is 0 Å². The van der Waals surface area contributed by atoms with Gasteiger partial charge in [-0.3, -0.25) is 14.4 Å². The van der Waals surface area contributed by atoms with Gasteiger partial charge < -0.3 is 20.9 Å². The molecule has 0 radical (unpaired) electrons. The van der Waals surface area contributed by atoms with Gasteiger partial charge in [0, 0.05) is 34.6 Å². The first-order valence-electron chi connectivity index (χ1n) is 14.1. The second kappa shape index (κ2) is 11.4. The van der Waals surface area contributed by atoms with E-state index in [1.54, 1.807) is 0 Å². The second-order valence-corrected chi connectivity index (χ2v) is 13.5. The number of aliphatic hydroxyl groups excluding tert-OH is 1. The molecule has 3 aliphatic rings. The maximum absolute atomic E-state index is 13.5. The van der Waals surface area contributed by atoms with Crippen molar-refractivity contribution in [3.63, 3.8) is 0 Å². The number of rotatable bonds is 8. The number of amides is 1. The van der Waals surface area contributed by atoms with Gasteiger partial charge in [-0.25, -0.2) is 0 Å². The van der Waals surface area contributed by atoms with Gasteiger partial charge in [-0.15, -0.1) is 18.3 Å². The molecule has 2 bridgehead atoms. The van der Waals surface area contributed by atoms with Crippen LogP contribution in [0.2, 0.25) is 0 Å². The molecule has 0 spiro atoms. The van der Waals surface area contributed by atoms with Gasteiger partial charge in [0.2, 0.25) is 5.91 Å². The highest BCUT2D eigenvalue weighted by Gasteiger charge is 2.68. The van der Waals surface area contributed by atoms with E-state index >= 15 is 0 Å². The van der Waals surface area contributed by atoms with Crippen molar-refractivity contribution in [2.75, 3.05) is 12.3 Å². The van der Waals surface area contributed by atoms with E-state index in [9.17, 15) is 19.5 Å². The molecule has 0 aromatic heterocycles. The van der Waals surface area contributed by atoms with Crippen LogP contribution in [0.15, 0.2) is 41.8 Å². The molecule has 8 atom stereocenters. The topological polar surface area (TPSA) is 119 Å². The molecule has 214 valence electrons. The second-order valence-electron chi connectivity index (χ2n) is 12.5. The number of ketones is 1. The summed E-state index contributed by atoms with van der Waals surface area (Å²) in [5, 5.41) is 14.4. The third kappa shape index (κ3) is 5.32. The van der Waals surface area contributed by atoms with E-state index in [1.807, 2.05) is 37.3 Å². The Hall–Kier alpha value is -2.16. The molecule has 3 fully saturated rings. The maximum atomic E-state index is 13.5. The Balaban J connectivity index is 1.57. The predicted molar refractivity (Wildman–Crippen MR) is 153 cm³/mol. The number of thioether (sulfide) groups is 1. The average molecular weight is 557 g/mol. The van der Waals surface area contributed by atoms with E-state index in [0.29, 0.717) is 19.4 Å². The fraction of sp³-hybridized carbons (Fsp3) is 0.645. The number of aliphatic hydroxyl groups is 1. The van der Waals surface area contributed by atoms with Crippen molar-refractivity contribution < 1.29 is 24.2 Å². The largest absolute Gasteiger partial charge is 0.461 e. The van der Waals surface area contributed by atoms with Crippen molar-refractivity contribution in [1.82, 2.24) is 5.32 Å². The molecule has 0 aliphatic heterocycles. The molecular weight excluding hydrogens is 512 g/mol. The van der Waals surface area contributed by atoms with Crippen LogP contribution in [0.5, 0.6) is 0 Å². The van der Waals surface area contributed by atoms with Gasteiger partial charge in [0.15, 0.2) is 0 Å². The van der Waals surface area contributed by atoms with E-state index in [2.05, 4.69) is 32.7 Å². The zero-order valence-corrected chi connectivity index (χ0v) is 24.5. The van der Waals surface area contributed by atoms with Crippen molar-refractivity contribution in [2.45, 2.75) is 83.4 Å². The highest BCUT2D eigenvalue weighted by molar-refractivity contribution is 8.00. The molecule has 4 N–H and O–H groups in total. The number of Topliss-reactive ketones (excluding diaryl/α,β-unsaturated/α-hetero) is 1. The first-order chi connectivity index (χ1) is 18.4. The van der Waals surface area contributed by atoms with Crippen molar-refractivity contribution in [2.24, 2.45) is 39.7 Å². The van der Waals surface area contributed by atoms with Crippen molar-refractivity contribution in [1.29, 1.82) is 0 Å². The lowest BCUT2D eigenvalue weighted by Gasteiger charge is -2.61. The van der Waals surface area contributed by atoms with Crippen LogP contribution in [0.1, 0.15) is 65.4 Å². The number of hydrogen-bond acceptors (Lipinski definition) is 7. The number of ether oxygens (including phenoxy) is 1. The lowest BCUT2D eigenvalue weighted by molar-refractivity contribution is -0.205. The molecule has 1 amide bonds. The SMILES string of the molecule is C=C[C@]1(C)C[C@@H](OC(=O)CSc2cccc(CNC(=O)CN)c2)[C@]2(C)C(C)CCC3(CCC(=O)C32)[C@@H](C)[C@@H]1O. The third-order valence-corrected chi connectivity index (χ3v) is 11.5. The van der Waals surface area contributed by atoms with Crippen LogP contribution >= 0.6 is 11.8 Å². The van der Waals surface area contributed by atoms with Crippen LogP contribution in [0.25, 0.3) is 0 Å². The Bertz CT molecular complexity index is 1130. The zero-order chi connectivity index (χ0) is 28.6. The summed E-state index contributed by atoms with van der Waals surface area (Å²) in [6, 6.07) is 7.66. The molecule has 4 rings (SSSR count). The first kappa shape index (κ1) is 29.8. The van der Waals surface area contributed by atoms with Gasteiger partial charge in [-0.2, -0.15) is 0 Å². The third-order valence-electron chi connectivity index (χ3n) is 10.5. The van der Waals surface area contributed by atoms with E-state index in [1.165, 1.54) is 11.8 Å². The Morgan fingerprint density at radius 2 is 2.03 bits per heavy atom. The predicted octanol–water partition coefficient (Wildman–Crippen LogP) is 4.26. The molecular formula is C31H44N2O5S. The van der Waals surface area contributed by atoms with Crippen molar-refractivity contribution in [3.05, 3.63) is 42.5 Å². The van der Waals surface area contributed by atoms with E-state index in [4.69, 9.17) is 10.5 Å². The normalized spacial score (nSPS) is 37.8. The van der Waals surface area contributed by atoms with E-state index in [-0.39, 0.29) is 53.1 Å². The number of carbonyl (C=O) groups excluding carboxylic acids is 3. The average Bonchev–Trinajstić information content (AvgIpc) is 3.29. The number of hydrogen-bond donors (Lipinski definition) is 3. The van der Waals surface area contributed by atoms with Crippen LogP contribution in [-0.2, 0) is 25.7 Å². The molecule has 8 heteroatoms. The molecule has 0 heterocycles. The molecule has 7 nitrogen and oxygen atoms in total. The Morgan fingerprint density at radius 1 is 1.28 bits per heavy atom. The number of benzene rings is 1. The monoisotopic (exact) mass is 556 g/mol. The number of nitrogens with two attached hydrogens (primary N) is 1. The van der Waals surface area contributed by atoms with Crippen LogP contribution in [0.4, 0.5) is 0 Å². The molecule has 3 saturated carbocycles. The van der Waals surface area contributed by atoms with Crippen LogP contribution in [-0.4, -0.2) is 47.3 Å². The Kier molecular flexibility index (Phi) is 8.70. The quantitative estimate of drug-likeness (QED) is 0.249. The number of carbonyl (C=O) groups is 3. The van der Waals surface area contributed by atoms with E-state index in [0.717, 1.165) is 29.7 Å². The molecule has 39 heavy (non-hydrogen) atoms. The van der Waals surface area contributed by atoms with Crippen LogP contribution < -0.4 is 11.1 Å². The lowest BCUT2D eigenvalue weighted by Crippen LogP contribution is -2.63. The van der Waals surface area contributed by atoms with Gasteiger partial charge in [-0.1, -0.05) is 45.9 Å². The summed E-state index contributed by atoms with van der Waals surface area (Å²) < 4.78 is 6.32. The minimum absolute atomic E-state index is 0.0575. The molecule has 1 aromatic rings. The fourth-order valence-electron chi connectivity index (χ4n) is 7.85. The Labute approximate surface area is 236 Å². The summed E-state index contributed by atoms with van der Waals surface area (Å²) in [6.07, 6.45) is 4.19. The van der Waals surface area contributed by atoms with Gasteiger partial charge in [-0.05, 0) is 60.6 Å². The summed E-state index contributed by atoms with van der Waals surface area (Å²) in [6.45, 7) is 12.8. The number of nitrogens with one attached hydrogen (secondary N) is 1. The Morgan fingerprint density at radius 3 is 2.72 bits per heavy atom. The van der Waals surface area contributed by atoms with Crippen LogP contribution in [0.3, 0.4) is 0 Å². The first-order valence-corrected chi connectivity index (χ1v) is 15.1. The number of esters is 1. The van der Waals surface area contributed by atoms with Crippen molar-refractivity contribution in [3.8, 4) is 0 Å². The van der Waals surface area contributed by atoms with Gasteiger partial charge in [0.1, 0.15) is 11.9 Å². The highest BCUT2D eigenvalue weighted by atomic mass is 32.2. The zero-order valence-electron chi connectivity index (χ0n) is 23.7. The standard InChI is InChI=1S/C31H44N2O5S/c1-6-29(4)15-24(38-26(36)18-39-22-9-7-8-21(14-22)17-33-25(35)16-32)30(5)19(2)10-12-31(20(3)28(29)37)13-11-23(34)27(30)31/h6-9,14,19-20,24,27-28,37H,1,10-13,15-18,32H2,2-5H3,(H,33,35)/t19?,20-,24+,27?,28-,29+,30-,31?/m0/s1. The summed E-state index contributed by atoms with van der Waals surface area (Å²) in [4.78, 5) is 39.3. The lowest BCUT2D eigenvalue weighted by atomic mass is 9.44. The smallest absolute Gasteiger partial charge is 0.316 e. The summed E-state index contributed by atoms with van der Waals surface area (Å²) in [7, 11) is 0. The minimum atomic E-state index is -0.681. The summed E-state index contributed by atoms with van der Waals surface area (Å²) in [5.41, 5.74) is 4.81. The fourth-order valence-corrected chi connectivity index (χ4v) is 8.62. The highest BCUT2D eigenvalue weighted by Crippen LogP contribution is 2.68. The van der Waals surface area contributed by atoms with Crippen molar-refractivity contribution >= 4 is 29.4 Å². The van der Waals surface area contributed by atoms with E-state index < -0.39 is 23.0 Å². The molecule has 3 unspecified atom stereocenters. The van der Waals surface area contributed by atoms with Gasteiger partial charge >= 0.3 is 5.97 Å². The van der Waals surface area contributed by atoms with Crippen LogP contribution in [0, 0.1) is 34.0 Å². The summed E-state index contributed by atoms with van der Waals surface area (Å²) >= 11 is 1.38. The molecule has 3 aliphatic carbocycles. The maximum Gasteiger partial charge on any atom is 0.316 e. The molecule has 1 aromatic carbocycles. The molecule has 0 saturated heterocycles. The summed E-state index contributed by atoms with van der Waals surface area (Å²) in [5.74, 6) is -0.295. The minimum Gasteiger partial charge on any atom is -0.461 e. The van der Waals surface area contributed by atoms with Gasteiger partial charge in [0.05, 0.1) is 18.4 Å².